The standard InChI is InChI=1S/C35H64O2Si2/c1-24(2)25-16-21-35(23-36-38(8,9)10)22-34(7)26(30(25)35)14-15-28-32(5)19-18-29(37-39(11,12)13)31(3,4)27(32)17-20-33(28,34)6/h25-30H,1,14-23H2,2-13H3/t25-,26+,27?,28+,29-,30+,32-,33+,34+,35+/m0/s1. The van der Waals surface area contributed by atoms with E-state index in [1.54, 1.807) is 0 Å². The maximum absolute atomic E-state index is 6.91. The minimum absolute atomic E-state index is 0.260. The van der Waals surface area contributed by atoms with Crippen molar-refractivity contribution in [2.75, 3.05) is 6.61 Å². The summed E-state index contributed by atoms with van der Waals surface area (Å²) < 4.78 is 13.8. The second-order valence-corrected chi connectivity index (χ2v) is 27.7. The molecule has 5 saturated carbocycles. The van der Waals surface area contributed by atoms with Gasteiger partial charge in [-0.2, -0.15) is 0 Å². The van der Waals surface area contributed by atoms with E-state index in [0.717, 1.165) is 30.3 Å². The van der Waals surface area contributed by atoms with Crippen LogP contribution in [0.5, 0.6) is 0 Å². The predicted molar refractivity (Wildman–Crippen MR) is 172 cm³/mol. The van der Waals surface area contributed by atoms with Crippen LogP contribution < -0.4 is 0 Å². The molecule has 5 aliphatic carbocycles. The molecule has 5 aliphatic rings. The summed E-state index contributed by atoms with van der Waals surface area (Å²) >= 11 is 0. The lowest BCUT2D eigenvalue weighted by atomic mass is 9.35. The SMILES string of the molecule is C=C(C)[C@@H]1CC[C@]2(CO[Si](C)(C)C)C[C@]3(C)[C@H](CC[C@@H]4[C@@]5(C)CC[C@H](O[Si](C)(C)C)C(C)(C)C5CC[C@]43C)[C@@H]12. The van der Waals surface area contributed by atoms with E-state index >= 15 is 0 Å². The number of hydrogen-bond acceptors (Lipinski definition) is 2. The first kappa shape index (κ1) is 30.5. The fraction of sp³-hybridized carbons (Fsp3) is 0.943. The van der Waals surface area contributed by atoms with Crippen LogP contribution in [0, 0.1) is 56.7 Å². The van der Waals surface area contributed by atoms with Crippen LogP contribution in [0.3, 0.4) is 0 Å². The highest BCUT2D eigenvalue weighted by molar-refractivity contribution is 6.70. The summed E-state index contributed by atoms with van der Waals surface area (Å²) in [5.41, 5.74) is 3.32. The van der Waals surface area contributed by atoms with Crippen LogP contribution in [0.15, 0.2) is 12.2 Å². The van der Waals surface area contributed by atoms with Gasteiger partial charge in [-0.25, -0.2) is 0 Å². The van der Waals surface area contributed by atoms with E-state index in [0.29, 0.717) is 33.7 Å². The molecule has 0 aliphatic heterocycles. The van der Waals surface area contributed by atoms with Crippen molar-refractivity contribution in [1.29, 1.82) is 0 Å². The van der Waals surface area contributed by atoms with Gasteiger partial charge in [0.1, 0.15) is 0 Å². The van der Waals surface area contributed by atoms with E-state index in [4.69, 9.17) is 8.85 Å². The Bertz CT molecular complexity index is 976. The van der Waals surface area contributed by atoms with Gasteiger partial charge in [0.15, 0.2) is 16.6 Å². The second kappa shape index (κ2) is 9.29. The molecule has 0 aromatic heterocycles. The van der Waals surface area contributed by atoms with Gasteiger partial charge in [-0.1, -0.05) is 46.8 Å². The van der Waals surface area contributed by atoms with E-state index in [9.17, 15) is 0 Å². The van der Waals surface area contributed by atoms with Gasteiger partial charge in [-0.05, 0) is 161 Å². The molecule has 5 fully saturated rings. The monoisotopic (exact) mass is 572 g/mol. The van der Waals surface area contributed by atoms with Gasteiger partial charge in [0, 0.05) is 6.61 Å². The first-order valence-electron chi connectivity index (χ1n) is 16.7. The summed E-state index contributed by atoms with van der Waals surface area (Å²) in [7, 11) is -3.14. The summed E-state index contributed by atoms with van der Waals surface area (Å²) in [6.07, 6.45) is 12.8. The minimum atomic E-state index is -1.57. The van der Waals surface area contributed by atoms with Crippen molar-refractivity contribution < 1.29 is 8.85 Å². The summed E-state index contributed by atoms with van der Waals surface area (Å²) in [5.74, 6) is 3.90. The van der Waals surface area contributed by atoms with E-state index in [2.05, 4.69) is 87.4 Å². The van der Waals surface area contributed by atoms with Gasteiger partial charge < -0.3 is 8.85 Å². The van der Waals surface area contributed by atoms with Gasteiger partial charge in [0.2, 0.25) is 0 Å². The number of hydrogen-bond donors (Lipinski definition) is 0. The zero-order valence-electron chi connectivity index (χ0n) is 28.1. The lowest BCUT2D eigenvalue weighted by Crippen LogP contribution is -2.64. The molecule has 39 heavy (non-hydrogen) atoms. The van der Waals surface area contributed by atoms with E-state index in [1.165, 1.54) is 63.4 Å². The topological polar surface area (TPSA) is 18.5 Å². The molecule has 0 aromatic rings. The lowest BCUT2D eigenvalue weighted by molar-refractivity contribution is -0.220. The average Bonchev–Trinajstić information content (AvgIpc) is 3.25. The van der Waals surface area contributed by atoms with Gasteiger partial charge in [-0.3, -0.25) is 0 Å². The van der Waals surface area contributed by atoms with Crippen LogP contribution in [0.2, 0.25) is 39.3 Å². The first-order chi connectivity index (χ1) is 17.7. The molecular weight excluding hydrogens is 509 g/mol. The molecule has 4 heteroatoms. The van der Waals surface area contributed by atoms with Crippen molar-refractivity contribution in [3.63, 3.8) is 0 Å². The van der Waals surface area contributed by atoms with Gasteiger partial charge in [0.05, 0.1) is 6.10 Å². The molecule has 0 radical (unpaired) electrons. The molecule has 0 bridgehead atoms. The average molecular weight is 573 g/mol. The molecule has 1 unspecified atom stereocenters. The third-order valence-corrected chi connectivity index (χ3v) is 16.0. The van der Waals surface area contributed by atoms with Crippen LogP contribution in [-0.4, -0.2) is 29.3 Å². The molecule has 0 saturated heterocycles. The molecule has 10 atom stereocenters. The Balaban J connectivity index is 1.50. The molecule has 2 nitrogen and oxygen atoms in total. The zero-order chi connectivity index (χ0) is 29.0. The highest BCUT2D eigenvalue weighted by Crippen LogP contribution is 2.80. The fourth-order valence-electron chi connectivity index (χ4n) is 12.5. The first-order valence-corrected chi connectivity index (χ1v) is 23.5. The maximum Gasteiger partial charge on any atom is 0.184 e. The highest BCUT2D eigenvalue weighted by atomic mass is 28.4. The van der Waals surface area contributed by atoms with Gasteiger partial charge in [-0.15, -0.1) is 0 Å². The Morgan fingerprint density at radius 3 is 2.03 bits per heavy atom. The number of rotatable bonds is 6. The van der Waals surface area contributed by atoms with Crippen molar-refractivity contribution in [3.8, 4) is 0 Å². The Hall–Kier alpha value is 0.0938. The Morgan fingerprint density at radius 1 is 0.769 bits per heavy atom. The Labute approximate surface area is 245 Å². The van der Waals surface area contributed by atoms with Crippen molar-refractivity contribution >= 4 is 16.6 Å². The van der Waals surface area contributed by atoms with Crippen LogP contribution >= 0.6 is 0 Å². The lowest BCUT2D eigenvalue weighted by Gasteiger charge is -2.70. The van der Waals surface area contributed by atoms with Crippen molar-refractivity contribution in [3.05, 3.63) is 12.2 Å². The summed E-state index contributed by atoms with van der Waals surface area (Å²) in [6.45, 7) is 35.7. The van der Waals surface area contributed by atoms with E-state index in [-0.39, 0.29) is 5.41 Å². The molecule has 224 valence electrons. The predicted octanol–water partition coefficient (Wildman–Crippen LogP) is 10.3. The molecule has 0 aromatic carbocycles. The normalized spacial score (nSPS) is 49.1. The quantitative estimate of drug-likeness (QED) is 0.233. The summed E-state index contributed by atoms with van der Waals surface area (Å²) in [5, 5.41) is 0. The van der Waals surface area contributed by atoms with Gasteiger partial charge >= 0.3 is 0 Å². The third kappa shape index (κ3) is 4.58. The zero-order valence-corrected chi connectivity index (χ0v) is 30.1. The Morgan fingerprint density at radius 2 is 1.44 bits per heavy atom. The molecule has 0 amide bonds. The number of allylic oxidation sites excluding steroid dienone is 1. The number of fused-ring (bicyclic) bond motifs is 7. The molecule has 0 N–H and O–H groups in total. The minimum Gasteiger partial charge on any atom is -0.417 e. The second-order valence-electron chi connectivity index (χ2n) is 18.7. The van der Waals surface area contributed by atoms with Crippen LogP contribution in [-0.2, 0) is 8.85 Å². The van der Waals surface area contributed by atoms with E-state index in [1.807, 2.05) is 0 Å². The summed E-state index contributed by atoms with van der Waals surface area (Å²) in [6, 6.07) is 0. The molecular formula is C35H64O2Si2. The van der Waals surface area contributed by atoms with Crippen LogP contribution in [0.1, 0.15) is 99.3 Å². The van der Waals surface area contributed by atoms with Crippen molar-refractivity contribution in [1.82, 2.24) is 0 Å². The molecule has 0 heterocycles. The van der Waals surface area contributed by atoms with Crippen LogP contribution in [0.25, 0.3) is 0 Å². The molecule has 0 spiro atoms. The highest BCUT2D eigenvalue weighted by Gasteiger charge is 2.73. The fourth-order valence-corrected chi connectivity index (χ4v) is 14.5. The van der Waals surface area contributed by atoms with Crippen molar-refractivity contribution in [2.45, 2.75) is 145 Å². The van der Waals surface area contributed by atoms with E-state index < -0.39 is 16.6 Å². The Kier molecular flexibility index (Phi) is 7.28. The summed E-state index contributed by atoms with van der Waals surface area (Å²) in [4.78, 5) is 0. The maximum atomic E-state index is 6.91. The largest absolute Gasteiger partial charge is 0.417 e. The van der Waals surface area contributed by atoms with Gasteiger partial charge in [0.25, 0.3) is 0 Å². The van der Waals surface area contributed by atoms with Crippen molar-refractivity contribution in [2.24, 2.45) is 56.7 Å². The molecule has 5 rings (SSSR count). The van der Waals surface area contributed by atoms with Crippen LogP contribution in [0.4, 0.5) is 0 Å². The third-order valence-electron chi connectivity index (χ3n) is 14.0. The smallest absolute Gasteiger partial charge is 0.184 e.